The Kier molecular flexibility index (Phi) is 2.67. The van der Waals surface area contributed by atoms with Gasteiger partial charge in [0, 0.05) is 0 Å². The van der Waals surface area contributed by atoms with Crippen LogP contribution in [-0.2, 0) is 24.6 Å². The van der Waals surface area contributed by atoms with Crippen molar-refractivity contribution in [2.75, 3.05) is 0 Å². The summed E-state index contributed by atoms with van der Waals surface area (Å²) in [6.45, 7) is 4.19. The van der Waals surface area contributed by atoms with Crippen LogP contribution in [0.3, 0.4) is 0 Å². The van der Waals surface area contributed by atoms with Gasteiger partial charge in [0.2, 0.25) is 0 Å². The predicted octanol–water partition coefficient (Wildman–Crippen LogP) is 2.67. The Morgan fingerprint density at radius 1 is 1.20 bits per heavy atom. The normalized spacial score (nSPS) is 9.60. The first-order chi connectivity index (χ1) is 4.75. The molecule has 0 aliphatic heterocycles. The molecule has 0 bridgehead atoms. The Bertz CT molecular complexity index is 235. The number of rotatable bonds is 1. The summed E-state index contributed by atoms with van der Waals surface area (Å²) in [5.74, 6) is 0. The molecule has 0 N–H and O–H groups in total. The third-order valence-electron chi connectivity index (χ3n) is 1.55. The van der Waals surface area contributed by atoms with Crippen molar-refractivity contribution in [1.82, 2.24) is 0 Å². The van der Waals surface area contributed by atoms with Gasteiger partial charge in [-0.15, -0.1) is 0 Å². The first-order valence-corrected chi connectivity index (χ1v) is 4.29. The molecule has 48 valence electrons. The van der Waals surface area contributed by atoms with Crippen molar-refractivity contribution in [2.45, 2.75) is 13.8 Å². The molecule has 1 rings (SSSR count). The quantitative estimate of drug-likeness (QED) is 0.676. The predicted molar refractivity (Wildman–Crippen MR) is 38.0 cm³/mol. The van der Waals surface area contributed by atoms with E-state index in [0.29, 0.717) is 0 Å². The zero-order valence-electron chi connectivity index (χ0n) is 6.18. The van der Waals surface area contributed by atoms with Gasteiger partial charge in [-0.05, 0) is 0 Å². The molecule has 0 aromatic heterocycles. The fourth-order valence-electron chi connectivity index (χ4n) is 0.982. The van der Waals surface area contributed by atoms with Crippen LogP contribution in [0.1, 0.15) is 11.1 Å². The van der Waals surface area contributed by atoms with Gasteiger partial charge in [0.1, 0.15) is 0 Å². The van der Waals surface area contributed by atoms with E-state index in [1.165, 1.54) is 41.4 Å². The van der Waals surface area contributed by atoms with Crippen LogP contribution in [0.15, 0.2) is 21.1 Å². The molecule has 0 heterocycles. The molecule has 0 spiro atoms. The fraction of sp³-hybridized carbons (Fsp3) is 0.250. The van der Waals surface area contributed by atoms with E-state index in [0.717, 1.165) is 0 Å². The maximum absolute atomic E-state index is 4.26. The molecule has 2 heteroatoms. The summed E-state index contributed by atoms with van der Waals surface area (Å²) in [6.07, 6.45) is 0. The van der Waals surface area contributed by atoms with Crippen molar-refractivity contribution >= 4 is 5.69 Å². The fourth-order valence-corrected chi connectivity index (χ4v) is 1.85. The molecular weight excluding hydrogens is 201 g/mol. The Morgan fingerprint density at radius 3 is 2.00 bits per heavy atom. The minimum atomic E-state index is 1.17. The van der Waals surface area contributed by atoms with Crippen molar-refractivity contribution in [1.29, 1.82) is 0 Å². The second-order valence-corrected chi connectivity index (χ2v) is 2.90. The van der Waals surface area contributed by atoms with E-state index in [-0.39, 0.29) is 0 Å². The van der Waals surface area contributed by atoms with Gasteiger partial charge < -0.3 is 0 Å². The number of aryl methyl sites for hydroxylation is 2. The molecule has 1 nitrogen and oxygen atoms in total. The van der Waals surface area contributed by atoms with Gasteiger partial charge in [0.25, 0.3) is 0 Å². The molecule has 0 saturated heterocycles. The Balaban J connectivity index is 3.30. The Labute approximate surface area is 76.2 Å². The first kappa shape index (κ1) is 8.00. The van der Waals surface area contributed by atoms with Gasteiger partial charge in [0.15, 0.2) is 0 Å². The van der Waals surface area contributed by atoms with Crippen LogP contribution in [0, 0.1) is 13.8 Å². The van der Waals surface area contributed by atoms with Crippen LogP contribution < -0.4 is 0 Å². The molecule has 1 aromatic carbocycles. The van der Waals surface area contributed by atoms with E-state index >= 15 is 0 Å². The van der Waals surface area contributed by atoms with Crippen LogP contribution in [0.5, 0.6) is 0 Å². The summed E-state index contributed by atoms with van der Waals surface area (Å²) >= 11 is 1.23. The number of nitrogens with zero attached hydrogens (tertiary/aromatic N) is 1. The zero-order valence-corrected chi connectivity index (χ0v) is 8.64. The van der Waals surface area contributed by atoms with E-state index in [2.05, 4.69) is 34.9 Å². The molecule has 1 aromatic rings. The summed E-state index contributed by atoms with van der Waals surface area (Å²) in [7, 11) is 0. The molecular formula is C8H9NZr+2. The van der Waals surface area contributed by atoms with Gasteiger partial charge in [-0.3, -0.25) is 0 Å². The summed E-state index contributed by atoms with van der Waals surface area (Å²) in [5, 5.41) is 0. The molecule has 0 saturated carbocycles. The van der Waals surface area contributed by atoms with E-state index < -0.39 is 0 Å². The van der Waals surface area contributed by atoms with Crippen molar-refractivity contribution in [3.05, 3.63) is 29.3 Å². The maximum atomic E-state index is 4.26. The SMILES string of the molecule is Cc1cccc(C)c1[N]=[Zr+2]. The van der Waals surface area contributed by atoms with Crippen LogP contribution in [0.4, 0.5) is 5.69 Å². The standard InChI is InChI=1S/C8H9N.Zr/c1-6-4-3-5-7(2)8(6)9;/h3-5H,1-2H3;/q;+2. The van der Waals surface area contributed by atoms with E-state index in [1.54, 1.807) is 0 Å². The molecule has 0 fully saturated rings. The van der Waals surface area contributed by atoms with Crippen molar-refractivity contribution in [2.24, 2.45) is 2.87 Å². The molecule has 0 aliphatic carbocycles. The molecule has 0 unspecified atom stereocenters. The second-order valence-electron chi connectivity index (χ2n) is 2.35. The van der Waals surface area contributed by atoms with Crippen LogP contribution in [0.2, 0.25) is 0 Å². The van der Waals surface area contributed by atoms with Gasteiger partial charge in [0.05, 0.1) is 0 Å². The van der Waals surface area contributed by atoms with E-state index in [9.17, 15) is 0 Å². The van der Waals surface area contributed by atoms with Crippen LogP contribution in [-0.4, -0.2) is 0 Å². The molecule has 0 aliphatic rings. The second kappa shape index (κ2) is 3.34. The van der Waals surface area contributed by atoms with E-state index in [1.807, 2.05) is 0 Å². The van der Waals surface area contributed by atoms with Gasteiger partial charge >= 0.3 is 76.3 Å². The summed E-state index contributed by atoms with van der Waals surface area (Å²) in [4.78, 5) is 0. The van der Waals surface area contributed by atoms with E-state index in [4.69, 9.17) is 0 Å². The Hall–Kier alpha value is -0.0969. The van der Waals surface area contributed by atoms with Gasteiger partial charge in [-0.2, -0.15) is 0 Å². The average Bonchev–Trinajstić information content (AvgIpc) is 1.88. The van der Waals surface area contributed by atoms with Crippen LogP contribution in [0.25, 0.3) is 0 Å². The summed E-state index contributed by atoms with van der Waals surface area (Å²) < 4.78 is 4.26. The monoisotopic (exact) mass is 209 g/mol. The van der Waals surface area contributed by atoms with Crippen LogP contribution >= 0.6 is 0 Å². The van der Waals surface area contributed by atoms with Crippen molar-refractivity contribution in [3.63, 3.8) is 0 Å². The third-order valence-corrected chi connectivity index (χ3v) is 2.10. The summed E-state index contributed by atoms with van der Waals surface area (Å²) in [6, 6.07) is 6.25. The number of benzene rings is 1. The molecule has 0 atom stereocenters. The zero-order chi connectivity index (χ0) is 7.56. The first-order valence-electron chi connectivity index (χ1n) is 3.19. The summed E-state index contributed by atoms with van der Waals surface area (Å²) in [5.41, 5.74) is 3.72. The van der Waals surface area contributed by atoms with Crippen molar-refractivity contribution < 1.29 is 24.6 Å². The van der Waals surface area contributed by atoms with Gasteiger partial charge in [-0.25, -0.2) is 0 Å². The topological polar surface area (TPSA) is 12.4 Å². The average molecular weight is 210 g/mol. The molecule has 0 amide bonds. The van der Waals surface area contributed by atoms with Gasteiger partial charge in [-0.1, -0.05) is 0 Å². The number of hydrogen-bond donors (Lipinski definition) is 0. The molecule has 10 heavy (non-hydrogen) atoms. The Morgan fingerprint density at radius 2 is 1.70 bits per heavy atom. The third kappa shape index (κ3) is 1.49. The minimum absolute atomic E-state index is 1.17. The van der Waals surface area contributed by atoms with Crippen molar-refractivity contribution in [3.8, 4) is 0 Å². The number of hydrogen-bond acceptors (Lipinski definition) is 1. The molecule has 0 radical (unpaired) electrons.